The number of ether oxygens (including phenoxy) is 1. The molecule has 3 rings (SSSR count). The fourth-order valence-electron chi connectivity index (χ4n) is 3.75. The Morgan fingerprint density at radius 1 is 1.19 bits per heavy atom. The van der Waals surface area contributed by atoms with Crippen LogP contribution in [-0.4, -0.2) is 35.6 Å². The second kappa shape index (κ2) is 9.13. The van der Waals surface area contributed by atoms with E-state index >= 15 is 0 Å². The summed E-state index contributed by atoms with van der Waals surface area (Å²) >= 11 is 0. The summed E-state index contributed by atoms with van der Waals surface area (Å²) in [5, 5.41) is 0. The molecule has 1 atom stereocenters. The Balaban J connectivity index is 1.45. The second-order valence-electron chi connectivity index (χ2n) is 7.21. The Morgan fingerprint density at radius 3 is 2.58 bits per heavy atom. The summed E-state index contributed by atoms with van der Waals surface area (Å²) in [4.78, 5) is 7.15. The van der Waals surface area contributed by atoms with E-state index in [1.54, 1.807) is 12.1 Å². The summed E-state index contributed by atoms with van der Waals surface area (Å²) in [5.41, 5.74) is 2.55. The molecule has 1 aromatic heterocycles. The maximum Gasteiger partial charge on any atom is 0.123 e. The van der Waals surface area contributed by atoms with Gasteiger partial charge in [0.2, 0.25) is 0 Å². The summed E-state index contributed by atoms with van der Waals surface area (Å²) in [7, 11) is 0. The molecule has 4 heteroatoms. The van der Waals surface area contributed by atoms with Crippen LogP contribution in [0, 0.1) is 12.7 Å². The average Bonchev–Trinajstić information content (AvgIpc) is 2.67. The van der Waals surface area contributed by atoms with Crippen LogP contribution in [0.25, 0.3) is 0 Å². The SMILES string of the molecule is CCC(CCN1CCC(Oc2ccc(F)cc2)CC1)c1ncccc1C. The van der Waals surface area contributed by atoms with Crippen molar-refractivity contribution < 1.29 is 9.13 Å². The highest BCUT2D eigenvalue weighted by Gasteiger charge is 2.22. The monoisotopic (exact) mass is 356 g/mol. The molecule has 1 fully saturated rings. The zero-order valence-corrected chi connectivity index (χ0v) is 15.8. The van der Waals surface area contributed by atoms with Crippen molar-refractivity contribution >= 4 is 0 Å². The molecule has 1 aliphatic rings. The maximum atomic E-state index is 13.0. The summed E-state index contributed by atoms with van der Waals surface area (Å²) in [6, 6.07) is 10.5. The van der Waals surface area contributed by atoms with Gasteiger partial charge in [-0.25, -0.2) is 4.39 Å². The number of nitrogens with zero attached hydrogens (tertiary/aromatic N) is 2. The highest BCUT2D eigenvalue weighted by molar-refractivity contribution is 5.23. The van der Waals surface area contributed by atoms with Gasteiger partial charge in [0.1, 0.15) is 17.7 Å². The zero-order valence-electron chi connectivity index (χ0n) is 15.8. The molecule has 1 aromatic carbocycles. The van der Waals surface area contributed by atoms with E-state index in [4.69, 9.17) is 4.74 Å². The Labute approximate surface area is 156 Å². The van der Waals surface area contributed by atoms with Crippen molar-refractivity contribution in [3.63, 3.8) is 0 Å². The van der Waals surface area contributed by atoms with Gasteiger partial charge in [-0.05, 0) is 75.0 Å². The quantitative estimate of drug-likeness (QED) is 0.701. The summed E-state index contributed by atoms with van der Waals surface area (Å²) in [6.45, 7) is 7.63. The number of aromatic nitrogens is 1. The molecule has 0 saturated carbocycles. The first-order valence-electron chi connectivity index (χ1n) is 9.71. The van der Waals surface area contributed by atoms with Crippen LogP contribution in [0.4, 0.5) is 4.39 Å². The lowest BCUT2D eigenvalue weighted by atomic mass is 9.94. The fraction of sp³-hybridized carbons (Fsp3) is 0.500. The normalized spacial score (nSPS) is 17.2. The Hall–Kier alpha value is -1.94. The van der Waals surface area contributed by atoms with Crippen molar-refractivity contribution in [3.8, 4) is 5.75 Å². The maximum absolute atomic E-state index is 13.0. The standard InChI is InChI=1S/C22H29FN2O/c1-3-18(22-17(2)5-4-13-24-22)10-14-25-15-11-21(12-16-25)26-20-8-6-19(23)7-9-20/h4-9,13,18,21H,3,10-12,14-16H2,1-2H3. The predicted octanol–water partition coefficient (Wildman–Crippen LogP) is 4.96. The number of pyridine rings is 1. The first-order chi connectivity index (χ1) is 12.7. The first-order valence-corrected chi connectivity index (χ1v) is 9.71. The molecular formula is C22H29FN2O. The number of benzene rings is 1. The third-order valence-corrected chi connectivity index (χ3v) is 5.37. The summed E-state index contributed by atoms with van der Waals surface area (Å²) < 4.78 is 19.0. The molecule has 2 heterocycles. The highest BCUT2D eigenvalue weighted by Crippen LogP contribution is 2.25. The molecule has 1 saturated heterocycles. The smallest absolute Gasteiger partial charge is 0.123 e. The minimum Gasteiger partial charge on any atom is -0.490 e. The highest BCUT2D eigenvalue weighted by atomic mass is 19.1. The lowest BCUT2D eigenvalue weighted by Crippen LogP contribution is -2.39. The van der Waals surface area contributed by atoms with Gasteiger partial charge in [-0.1, -0.05) is 13.0 Å². The van der Waals surface area contributed by atoms with Crippen LogP contribution in [0.3, 0.4) is 0 Å². The van der Waals surface area contributed by atoms with Crippen molar-refractivity contribution in [2.75, 3.05) is 19.6 Å². The molecule has 26 heavy (non-hydrogen) atoms. The van der Waals surface area contributed by atoms with Crippen LogP contribution in [0.5, 0.6) is 5.75 Å². The van der Waals surface area contributed by atoms with Gasteiger partial charge in [0, 0.05) is 30.9 Å². The molecule has 0 bridgehead atoms. The minimum absolute atomic E-state index is 0.221. The van der Waals surface area contributed by atoms with Crippen molar-refractivity contribution in [2.45, 2.75) is 51.6 Å². The summed E-state index contributed by atoms with van der Waals surface area (Å²) in [6.07, 6.45) is 6.47. The molecular weight excluding hydrogens is 327 g/mol. The molecule has 1 unspecified atom stereocenters. The van der Waals surface area contributed by atoms with E-state index in [9.17, 15) is 4.39 Å². The van der Waals surface area contributed by atoms with E-state index in [2.05, 4.69) is 29.8 Å². The number of piperidine rings is 1. The molecule has 2 aromatic rings. The van der Waals surface area contributed by atoms with E-state index < -0.39 is 0 Å². The molecule has 0 N–H and O–H groups in total. The number of rotatable bonds is 7. The van der Waals surface area contributed by atoms with Crippen LogP contribution in [-0.2, 0) is 0 Å². The van der Waals surface area contributed by atoms with Gasteiger partial charge in [0.05, 0.1) is 0 Å². The van der Waals surface area contributed by atoms with Gasteiger partial charge >= 0.3 is 0 Å². The van der Waals surface area contributed by atoms with Crippen LogP contribution in [0.1, 0.15) is 49.8 Å². The first kappa shape index (κ1) is 18.8. The van der Waals surface area contributed by atoms with Crippen LogP contribution in [0.2, 0.25) is 0 Å². The topological polar surface area (TPSA) is 25.4 Å². The number of hydrogen-bond donors (Lipinski definition) is 0. The third-order valence-electron chi connectivity index (χ3n) is 5.37. The average molecular weight is 356 g/mol. The molecule has 0 amide bonds. The largest absolute Gasteiger partial charge is 0.490 e. The van der Waals surface area contributed by atoms with E-state index in [1.165, 1.54) is 23.4 Å². The van der Waals surface area contributed by atoms with E-state index in [1.807, 2.05) is 12.3 Å². The zero-order chi connectivity index (χ0) is 18.4. The van der Waals surface area contributed by atoms with Gasteiger partial charge in [-0.3, -0.25) is 4.98 Å². The van der Waals surface area contributed by atoms with E-state index in [0.717, 1.165) is 51.1 Å². The lowest BCUT2D eigenvalue weighted by Gasteiger charge is -2.33. The number of hydrogen-bond acceptors (Lipinski definition) is 3. The van der Waals surface area contributed by atoms with Crippen molar-refractivity contribution in [2.24, 2.45) is 0 Å². The lowest BCUT2D eigenvalue weighted by molar-refractivity contribution is 0.0985. The van der Waals surface area contributed by atoms with Gasteiger partial charge in [-0.15, -0.1) is 0 Å². The van der Waals surface area contributed by atoms with Gasteiger partial charge in [0.25, 0.3) is 0 Å². The van der Waals surface area contributed by atoms with Gasteiger partial charge < -0.3 is 9.64 Å². The van der Waals surface area contributed by atoms with E-state index in [0.29, 0.717) is 5.92 Å². The minimum atomic E-state index is -0.221. The third kappa shape index (κ3) is 5.04. The Morgan fingerprint density at radius 2 is 1.92 bits per heavy atom. The van der Waals surface area contributed by atoms with E-state index in [-0.39, 0.29) is 11.9 Å². The van der Waals surface area contributed by atoms with Crippen LogP contribution >= 0.6 is 0 Å². The van der Waals surface area contributed by atoms with Gasteiger partial charge in [-0.2, -0.15) is 0 Å². The predicted molar refractivity (Wildman–Crippen MR) is 103 cm³/mol. The molecule has 140 valence electrons. The molecule has 0 radical (unpaired) electrons. The second-order valence-corrected chi connectivity index (χ2v) is 7.21. The number of likely N-dealkylation sites (tertiary alicyclic amines) is 1. The molecule has 0 aliphatic carbocycles. The van der Waals surface area contributed by atoms with Crippen LogP contribution < -0.4 is 4.74 Å². The van der Waals surface area contributed by atoms with Crippen molar-refractivity contribution in [1.82, 2.24) is 9.88 Å². The Bertz CT molecular complexity index is 681. The summed E-state index contributed by atoms with van der Waals surface area (Å²) in [5.74, 6) is 1.08. The van der Waals surface area contributed by atoms with Crippen molar-refractivity contribution in [1.29, 1.82) is 0 Å². The fourth-order valence-corrected chi connectivity index (χ4v) is 3.75. The van der Waals surface area contributed by atoms with Gasteiger partial charge in [0.15, 0.2) is 0 Å². The molecule has 3 nitrogen and oxygen atoms in total. The van der Waals surface area contributed by atoms with Crippen molar-refractivity contribution in [3.05, 3.63) is 59.7 Å². The Kier molecular flexibility index (Phi) is 6.62. The number of aryl methyl sites for hydroxylation is 1. The van der Waals surface area contributed by atoms with Crippen LogP contribution in [0.15, 0.2) is 42.6 Å². The number of halogens is 1. The molecule has 0 spiro atoms. The molecule has 1 aliphatic heterocycles.